The van der Waals surface area contributed by atoms with Gasteiger partial charge in [-0.2, -0.15) is 0 Å². The van der Waals surface area contributed by atoms with Crippen molar-refractivity contribution in [1.29, 1.82) is 0 Å². The van der Waals surface area contributed by atoms with Crippen molar-refractivity contribution in [2.45, 2.75) is 38.5 Å². The molecule has 4 aromatic heterocycles. The van der Waals surface area contributed by atoms with Crippen molar-refractivity contribution in [3.05, 3.63) is 216 Å². The van der Waals surface area contributed by atoms with Crippen molar-refractivity contribution in [1.82, 2.24) is 9.13 Å². The highest BCUT2D eigenvalue weighted by atomic mass is 32.1. The second-order valence-corrected chi connectivity index (χ2v) is 22.2. The molecule has 2 aliphatic rings. The fourth-order valence-corrected chi connectivity index (χ4v) is 14.8. The van der Waals surface area contributed by atoms with Gasteiger partial charge in [-0.15, -0.1) is 22.7 Å². The summed E-state index contributed by atoms with van der Waals surface area (Å²) in [6, 6.07) is 73.4. The monoisotopic (exact) mass is 904 g/mol. The molecule has 0 amide bonds. The molecule has 0 saturated carbocycles. The van der Waals surface area contributed by atoms with E-state index in [0.717, 1.165) is 0 Å². The van der Waals surface area contributed by atoms with Gasteiger partial charge in [-0.05, 0) is 127 Å². The molecule has 0 spiro atoms. The SMILES string of the molecule is CC1(C)c2ccccc2-c2ccc(-n3c4ccc(-c5ccc(-c6ccc7c(c6)c6sc8ccccc8c6n7-c6ccc7c(c6)C(C)(C)c6ccccc6-7)cc5)cc4c4sc5ccccc5c43)cc21. The predicted molar refractivity (Wildman–Crippen MR) is 292 cm³/mol. The molecular formula is C64H44N2S2. The van der Waals surface area contributed by atoms with Crippen LogP contribution >= 0.6 is 22.7 Å². The minimum atomic E-state index is -0.0735. The first-order valence-electron chi connectivity index (χ1n) is 23.7. The van der Waals surface area contributed by atoms with E-state index in [9.17, 15) is 0 Å². The Morgan fingerprint density at radius 3 is 1.16 bits per heavy atom. The second kappa shape index (κ2) is 13.6. The molecule has 4 heterocycles. The lowest BCUT2D eigenvalue weighted by molar-refractivity contribution is 0.660. The summed E-state index contributed by atoms with van der Waals surface area (Å²) in [5.41, 5.74) is 23.2. The van der Waals surface area contributed by atoms with E-state index in [1.54, 1.807) is 0 Å². The van der Waals surface area contributed by atoms with Gasteiger partial charge in [-0.1, -0.05) is 161 Å². The Bertz CT molecular complexity index is 4040. The average Bonchev–Trinajstić information content (AvgIpc) is 4.19. The van der Waals surface area contributed by atoms with E-state index >= 15 is 0 Å². The van der Waals surface area contributed by atoms with Crippen LogP contribution in [0.15, 0.2) is 194 Å². The van der Waals surface area contributed by atoms with Crippen LogP contribution in [0, 0.1) is 0 Å². The normalized spacial score (nSPS) is 14.4. The number of fused-ring (bicyclic) bond motifs is 16. The highest BCUT2D eigenvalue weighted by Gasteiger charge is 2.37. The van der Waals surface area contributed by atoms with Gasteiger partial charge in [0.2, 0.25) is 0 Å². The summed E-state index contributed by atoms with van der Waals surface area (Å²) in [7, 11) is 0. The van der Waals surface area contributed by atoms with Gasteiger partial charge < -0.3 is 9.13 Å². The van der Waals surface area contributed by atoms with Crippen LogP contribution in [0.4, 0.5) is 0 Å². The van der Waals surface area contributed by atoms with Crippen LogP contribution in [0.2, 0.25) is 0 Å². The maximum Gasteiger partial charge on any atom is 0.0727 e. The van der Waals surface area contributed by atoms with Gasteiger partial charge in [0.1, 0.15) is 0 Å². The number of aromatic nitrogens is 2. The zero-order valence-electron chi connectivity index (χ0n) is 38.2. The Hall–Kier alpha value is -7.50. The molecule has 68 heavy (non-hydrogen) atoms. The first-order chi connectivity index (χ1) is 33.2. The molecule has 0 bridgehead atoms. The highest BCUT2D eigenvalue weighted by Crippen LogP contribution is 2.52. The lowest BCUT2D eigenvalue weighted by atomic mass is 9.82. The summed E-state index contributed by atoms with van der Waals surface area (Å²) in [5.74, 6) is 0. The maximum absolute atomic E-state index is 2.52. The lowest BCUT2D eigenvalue weighted by Gasteiger charge is -2.22. The molecule has 0 N–H and O–H groups in total. The molecule has 0 fully saturated rings. The minimum absolute atomic E-state index is 0.0735. The van der Waals surface area contributed by atoms with E-state index in [1.165, 1.54) is 141 Å². The largest absolute Gasteiger partial charge is 0.308 e. The number of hydrogen-bond donors (Lipinski definition) is 0. The molecule has 0 unspecified atom stereocenters. The van der Waals surface area contributed by atoms with E-state index in [4.69, 9.17) is 0 Å². The first-order valence-corrected chi connectivity index (χ1v) is 25.4. The summed E-state index contributed by atoms with van der Waals surface area (Å²) < 4.78 is 10.4. The van der Waals surface area contributed by atoms with Gasteiger partial charge in [-0.3, -0.25) is 0 Å². The molecule has 9 aromatic carbocycles. The molecule has 0 saturated heterocycles. The molecule has 2 aliphatic carbocycles. The smallest absolute Gasteiger partial charge is 0.0727 e. The Labute approximate surface area is 402 Å². The zero-order valence-corrected chi connectivity index (χ0v) is 39.8. The molecule has 15 rings (SSSR count). The van der Waals surface area contributed by atoms with Crippen LogP contribution in [0.5, 0.6) is 0 Å². The van der Waals surface area contributed by atoms with Crippen molar-refractivity contribution >= 4 is 85.1 Å². The molecular weight excluding hydrogens is 861 g/mol. The predicted octanol–water partition coefficient (Wildman–Crippen LogP) is 18.3. The molecule has 0 atom stereocenters. The maximum atomic E-state index is 2.52. The van der Waals surface area contributed by atoms with E-state index in [2.05, 4.69) is 231 Å². The fraction of sp³-hybridized carbons (Fsp3) is 0.0938. The summed E-state index contributed by atoms with van der Waals surface area (Å²) in [4.78, 5) is 0. The van der Waals surface area contributed by atoms with E-state index < -0.39 is 0 Å². The van der Waals surface area contributed by atoms with Crippen molar-refractivity contribution in [3.63, 3.8) is 0 Å². The van der Waals surface area contributed by atoms with Crippen molar-refractivity contribution < 1.29 is 0 Å². The Morgan fingerprint density at radius 1 is 0.324 bits per heavy atom. The van der Waals surface area contributed by atoms with E-state index in [0.29, 0.717) is 0 Å². The summed E-state index contributed by atoms with van der Waals surface area (Å²) in [6.45, 7) is 9.49. The third-order valence-corrected chi connectivity index (χ3v) is 18.1. The van der Waals surface area contributed by atoms with Crippen LogP contribution in [0.1, 0.15) is 49.9 Å². The van der Waals surface area contributed by atoms with Gasteiger partial charge in [0.15, 0.2) is 0 Å². The second-order valence-electron chi connectivity index (χ2n) is 20.1. The van der Waals surface area contributed by atoms with Crippen molar-refractivity contribution in [3.8, 4) is 55.9 Å². The van der Waals surface area contributed by atoms with E-state index in [-0.39, 0.29) is 10.8 Å². The molecule has 13 aromatic rings. The standard InChI is InChI=1S/C64H44N2S2/c1-63(2)51-17-9-5-13-43(51)45-29-27-41(35-53(45)63)65-55-31-25-39(33-49(55)61-59(65)47-15-7-11-19-57(47)67-61)37-21-23-38(24-22-37)40-26-32-56-50(34-40)62-60(48-16-8-12-20-58(48)68-62)66(56)42-28-30-46-44-14-6-10-18-52(44)64(3,4)54(46)36-42/h5-36H,1-4H3. The van der Waals surface area contributed by atoms with Crippen LogP contribution in [0.3, 0.4) is 0 Å². The minimum Gasteiger partial charge on any atom is -0.308 e. The summed E-state index contributed by atoms with van der Waals surface area (Å²) in [6.07, 6.45) is 0. The highest BCUT2D eigenvalue weighted by molar-refractivity contribution is 7.27. The third kappa shape index (κ3) is 5.11. The van der Waals surface area contributed by atoms with Gasteiger partial charge in [0, 0.05) is 53.1 Å². The fourth-order valence-electron chi connectivity index (χ4n) is 12.4. The van der Waals surface area contributed by atoms with Crippen LogP contribution < -0.4 is 0 Å². The zero-order chi connectivity index (χ0) is 45.2. The summed E-state index contributed by atoms with van der Waals surface area (Å²) >= 11 is 3.82. The van der Waals surface area contributed by atoms with Gasteiger partial charge in [-0.25, -0.2) is 0 Å². The quantitative estimate of drug-likeness (QED) is 0.167. The number of hydrogen-bond acceptors (Lipinski definition) is 2. The third-order valence-electron chi connectivity index (χ3n) is 15.8. The Morgan fingerprint density at radius 2 is 0.706 bits per heavy atom. The number of rotatable bonds is 4. The molecule has 322 valence electrons. The van der Waals surface area contributed by atoms with Crippen LogP contribution in [0.25, 0.3) is 118 Å². The van der Waals surface area contributed by atoms with Crippen molar-refractivity contribution in [2.24, 2.45) is 0 Å². The number of nitrogens with zero attached hydrogens (tertiary/aromatic N) is 2. The van der Waals surface area contributed by atoms with Gasteiger partial charge >= 0.3 is 0 Å². The molecule has 4 heteroatoms. The van der Waals surface area contributed by atoms with E-state index in [1.807, 2.05) is 22.7 Å². The lowest BCUT2D eigenvalue weighted by Crippen LogP contribution is -2.15. The molecule has 0 radical (unpaired) electrons. The van der Waals surface area contributed by atoms with Crippen LogP contribution in [-0.2, 0) is 10.8 Å². The Kier molecular flexibility index (Phi) is 7.70. The summed E-state index contributed by atoms with van der Waals surface area (Å²) in [5, 5.41) is 5.20. The van der Waals surface area contributed by atoms with Gasteiger partial charge in [0.05, 0.1) is 31.5 Å². The number of benzene rings is 9. The number of thiophene rings is 2. The van der Waals surface area contributed by atoms with Crippen LogP contribution in [-0.4, -0.2) is 9.13 Å². The average molecular weight is 905 g/mol. The Balaban J connectivity index is 0.834. The molecule has 0 aliphatic heterocycles. The molecule has 2 nitrogen and oxygen atoms in total. The van der Waals surface area contributed by atoms with Gasteiger partial charge in [0.25, 0.3) is 0 Å². The van der Waals surface area contributed by atoms with Crippen molar-refractivity contribution in [2.75, 3.05) is 0 Å². The topological polar surface area (TPSA) is 9.86 Å². The first kappa shape index (κ1) is 38.6.